The molecule has 0 saturated heterocycles. The van der Waals surface area contributed by atoms with Crippen LogP contribution in [0.1, 0.15) is 32.6 Å². The van der Waals surface area contributed by atoms with Crippen molar-refractivity contribution < 1.29 is 0 Å². The summed E-state index contributed by atoms with van der Waals surface area (Å²) in [6, 6.07) is 0. The van der Waals surface area contributed by atoms with Gasteiger partial charge in [-0.15, -0.1) is 23.2 Å². The number of hydrogen-bond donors (Lipinski definition) is 0. The van der Waals surface area contributed by atoms with Crippen molar-refractivity contribution in [1.29, 1.82) is 0 Å². The van der Waals surface area contributed by atoms with Crippen molar-refractivity contribution in [3.63, 3.8) is 0 Å². The minimum atomic E-state index is -0.407. The van der Waals surface area contributed by atoms with E-state index in [4.69, 9.17) is 23.2 Å². The summed E-state index contributed by atoms with van der Waals surface area (Å²) in [5.41, 5.74) is 0.237. The summed E-state index contributed by atoms with van der Waals surface area (Å²) in [7, 11) is 0. The fourth-order valence-corrected chi connectivity index (χ4v) is 3.26. The Morgan fingerprint density at radius 3 is 2.20 bits per heavy atom. The monoisotopic (exact) mass is 178 g/mol. The quantitative estimate of drug-likeness (QED) is 0.500. The lowest BCUT2D eigenvalue weighted by atomic mass is 9.86. The van der Waals surface area contributed by atoms with Gasteiger partial charge in [-0.25, -0.2) is 0 Å². The molecule has 0 spiro atoms. The molecule has 0 aliphatic heterocycles. The Bertz CT molecular complexity index is 163. The molecule has 2 bridgehead atoms. The maximum absolute atomic E-state index is 6.17. The van der Waals surface area contributed by atoms with Gasteiger partial charge in [0.25, 0.3) is 0 Å². The molecule has 2 fully saturated rings. The van der Waals surface area contributed by atoms with E-state index in [0.29, 0.717) is 0 Å². The van der Waals surface area contributed by atoms with Gasteiger partial charge < -0.3 is 0 Å². The molecule has 0 unspecified atom stereocenters. The van der Waals surface area contributed by atoms with Crippen LogP contribution in [-0.2, 0) is 0 Å². The number of alkyl halides is 2. The molecule has 0 aromatic carbocycles. The zero-order valence-electron chi connectivity index (χ0n) is 6.16. The highest BCUT2D eigenvalue weighted by atomic mass is 35.5. The Morgan fingerprint density at radius 1 is 1.30 bits per heavy atom. The van der Waals surface area contributed by atoms with Crippen LogP contribution in [0.2, 0.25) is 0 Å². The van der Waals surface area contributed by atoms with E-state index < -0.39 is 4.33 Å². The molecule has 0 N–H and O–H groups in total. The van der Waals surface area contributed by atoms with Crippen molar-refractivity contribution in [1.82, 2.24) is 0 Å². The molecule has 2 aliphatic rings. The van der Waals surface area contributed by atoms with Crippen molar-refractivity contribution >= 4 is 23.2 Å². The van der Waals surface area contributed by atoms with E-state index in [9.17, 15) is 0 Å². The highest BCUT2D eigenvalue weighted by Crippen LogP contribution is 2.64. The molecule has 0 heterocycles. The first-order valence-electron chi connectivity index (χ1n) is 3.91. The standard InChI is InChI=1S/C8H12Cl2/c1-7-3-2-6(4-7)5-8(7,9)10/h6H,2-5H2,1H3/t6-,7-/m1/s1. The lowest BCUT2D eigenvalue weighted by Gasteiger charge is -2.34. The molecule has 0 aromatic rings. The van der Waals surface area contributed by atoms with Gasteiger partial charge in [-0.2, -0.15) is 0 Å². The van der Waals surface area contributed by atoms with Crippen molar-refractivity contribution in [3.05, 3.63) is 0 Å². The molecule has 58 valence electrons. The third-order valence-electron chi connectivity index (χ3n) is 3.27. The molecule has 2 aliphatic carbocycles. The second-order valence-electron chi connectivity index (χ2n) is 4.08. The van der Waals surface area contributed by atoms with Gasteiger partial charge in [0.1, 0.15) is 4.33 Å². The van der Waals surface area contributed by atoms with Gasteiger partial charge in [0.2, 0.25) is 0 Å². The van der Waals surface area contributed by atoms with Crippen LogP contribution in [0.3, 0.4) is 0 Å². The average molecular weight is 179 g/mol. The highest BCUT2D eigenvalue weighted by molar-refractivity contribution is 6.49. The number of rotatable bonds is 0. The molecule has 0 nitrogen and oxygen atoms in total. The molecule has 2 saturated carbocycles. The average Bonchev–Trinajstić information content (AvgIpc) is 2.18. The van der Waals surface area contributed by atoms with Gasteiger partial charge >= 0.3 is 0 Å². The van der Waals surface area contributed by atoms with Crippen LogP contribution in [0.25, 0.3) is 0 Å². The predicted octanol–water partition coefficient (Wildman–Crippen LogP) is 3.37. The molecule has 0 amide bonds. The Balaban J connectivity index is 2.31. The second-order valence-corrected chi connectivity index (χ2v) is 5.56. The van der Waals surface area contributed by atoms with Crippen molar-refractivity contribution in [2.45, 2.75) is 36.9 Å². The molecule has 10 heavy (non-hydrogen) atoms. The van der Waals surface area contributed by atoms with Gasteiger partial charge in [-0.05, 0) is 31.6 Å². The third kappa shape index (κ3) is 0.753. The van der Waals surface area contributed by atoms with Crippen LogP contribution in [0.4, 0.5) is 0 Å². The summed E-state index contributed by atoms with van der Waals surface area (Å²) in [5, 5.41) is 0. The van der Waals surface area contributed by atoms with Crippen LogP contribution in [0, 0.1) is 11.3 Å². The molecular formula is C8H12Cl2. The minimum Gasteiger partial charge on any atom is -0.101 e. The molecule has 2 heteroatoms. The van der Waals surface area contributed by atoms with Crippen molar-refractivity contribution in [3.8, 4) is 0 Å². The summed E-state index contributed by atoms with van der Waals surface area (Å²) in [6.45, 7) is 2.22. The van der Waals surface area contributed by atoms with Crippen LogP contribution in [0.5, 0.6) is 0 Å². The van der Waals surface area contributed by atoms with E-state index in [-0.39, 0.29) is 5.41 Å². The predicted molar refractivity (Wildman–Crippen MR) is 44.5 cm³/mol. The molecule has 2 atom stereocenters. The lowest BCUT2D eigenvalue weighted by molar-refractivity contribution is 0.310. The van der Waals surface area contributed by atoms with Crippen LogP contribution in [-0.4, -0.2) is 4.33 Å². The summed E-state index contributed by atoms with van der Waals surface area (Å²) in [6.07, 6.45) is 4.84. The number of halogens is 2. The van der Waals surface area contributed by atoms with E-state index in [0.717, 1.165) is 12.3 Å². The molecule has 2 rings (SSSR count). The second kappa shape index (κ2) is 1.84. The van der Waals surface area contributed by atoms with Gasteiger partial charge in [0.05, 0.1) is 0 Å². The molecular weight excluding hydrogens is 167 g/mol. The van der Waals surface area contributed by atoms with Gasteiger partial charge in [-0.3, -0.25) is 0 Å². The van der Waals surface area contributed by atoms with Crippen molar-refractivity contribution in [2.75, 3.05) is 0 Å². The van der Waals surface area contributed by atoms with Gasteiger partial charge in [-0.1, -0.05) is 6.92 Å². The first-order valence-corrected chi connectivity index (χ1v) is 4.67. The fraction of sp³-hybridized carbons (Fsp3) is 1.00. The Kier molecular flexibility index (Phi) is 1.33. The highest BCUT2D eigenvalue weighted by Gasteiger charge is 2.57. The molecule has 0 radical (unpaired) electrons. The van der Waals surface area contributed by atoms with Crippen molar-refractivity contribution in [2.24, 2.45) is 11.3 Å². The first-order chi connectivity index (χ1) is 4.54. The normalized spacial score (nSPS) is 50.1. The maximum Gasteiger partial charge on any atom is 0.123 e. The van der Waals surface area contributed by atoms with Gasteiger partial charge in [0.15, 0.2) is 0 Å². The summed E-state index contributed by atoms with van der Waals surface area (Å²) in [5.74, 6) is 0.819. The summed E-state index contributed by atoms with van der Waals surface area (Å²) >= 11 is 12.3. The van der Waals surface area contributed by atoms with Crippen LogP contribution < -0.4 is 0 Å². The number of hydrogen-bond acceptors (Lipinski definition) is 0. The minimum absolute atomic E-state index is 0.237. The van der Waals surface area contributed by atoms with Gasteiger partial charge in [0, 0.05) is 5.41 Å². The summed E-state index contributed by atoms with van der Waals surface area (Å²) < 4.78 is -0.407. The van der Waals surface area contributed by atoms with E-state index in [1.54, 1.807) is 0 Å². The SMILES string of the molecule is C[C@]12CC[C@@H](CC1(Cl)Cl)C2. The zero-order chi connectivity index (χ0) is 7.41. The van der Waals surface area contributed by atoms with Crippen LogP contribution in [0.15, 0.2) is 0 Å². The van der Waals surface area contributed by atoms with E-state index in [2.05, 4.69) is 6.92 Å². The van der Waals surface area contributed by atoms with Crippen LogP contribution >= 0.6 is 23.2 Å². The summed E-state index contributed by atoms with van der Waals surface area (Å²) in [4.78, 5) is 0. The topological polar surface area (TPSA) is 0 Å². The van der Waals surface area contributed by atoms with E-state index in [1.807, 2.05) is 0 Å². The fourth-order valence-electron chi connectivity index (χ4n) is 2.48. The third-order valence-corrected chi connectivity index (χ3v) is 4.49. The zero-order valence-corrected chi connectivity index (χ0v) is 7.67. The van der Waals surface area contributed by atoms with E-state index >= 15 is 0 Å². The van der Waals surface area contributed by atoms with E-state index in [1.165, 1.54) is 19.3 Å². The largest absolute Gasteiger partial charge is 0.123 e. The lowest BCUT2D eigenvalue weighted by Crippen LogP contribution is -2.31. The maximum atomic E-state index is 6.17. The molecule has 0 aromatic heterocycles. The first kappa shape index (κ1) is 7.24. The number of fused-ring (bicyclic) bond motifs is 2. The Morgan fingerprint density at radius 2 is 2.00 bits per heavy atom. The smallest absolute Gasteiger partial charge is 0.101 e. The Hall–Kier alpha value is 0.580. The Labute approximate surface area is 71.9 Å².